The zero-order chi connectivity index (χ0) is 19.3. The first-order valence-electron chi connectivity index (χ1n) is 8.57. The smallest absolute Gasteiger partial charge is 0.257 e. The van der Waals surface area contributed by atoms with Crippen LogP contribution >= 0.6 is 11.8 Å². The lowest BCUT2D eigenvalue weighted by Gasteiger charge is -2.22. The number of aromatic nitrogens is 1. The number of fused-ring (bicyclic) bond motifs is 4. The molecule has 7 nitrogen and oxygen atoms in total. The Kier molecular flexibility index (Phi) is 3.88. The van der Waals surface area contributed by atoms with Crippen molar-refractivity contribution in [2.45, 2.75) is 4.90 Å². The van der Waals surface area contributed by atoms with Gasteiger partial charge < -0.3 is 10.2 Å². The standard InChI is InChI=1S/C19H14N4O3S2/c24-18(21-15-5-1-4-14-13(15)3-2-8-20-14)12-6-7-16-17(11-12)27-19-22-28(25,26)10-9-23(16)19/h1-8,11H,9-10H2,(H,21,24). The van der Waals surface area contributed by atoms with E-state index in [9.17, 15) is 13.2 Å². The molecular weight excluding hydrogens is 396 g/mol. The Hall–Kier alpha value is -2.91. The number of benzene rings is 2. The van der Waals surface area contributed by atoms with Gasteiger partial charge >= 0.3 is 0 Å². The van der Waals surface area contributed by atoms with Crippen LogP contribution in [0.5, 0.6) is 0 Å². The molecule has 0 saturated carbocycles. The molecule has 9 heteroatoms. The highest BCUT2D eigenvalue weighted by Gasteiger charge is 2.33. The second-order valence-corrected chi connectivity index (χ2v) is 9.19. The van der Waals surface area contributed by atoms with Crippen LogP contribution in [-0.2, 0) is 10.0 Å². The molecule has 1 aromatic heterocycles. The summed E-state index contributed by atoms with van der Waals surface area (Å²) in [5.41, 5.74) is 2.87. The van der Waals surface area contributed by atoms with E-state index in [1.807, 2.05) is 41.3 Å². The van der Waals surface area contributed by atoms with E-state index >= 15 is 0 Å². The topological polar surface area (TPSA) is 91.7 Å². The maximum absolute atomic E-state index is 12.8. The molecule has 3 heterocycles. The van der Waals surface area contributed by atoms with E-state index in [2.05, 4.69) is 14.7 Å². The van der Waals surface area contributed by atoms with Crippen molar-refractivity contribution < 1.29 is 13.2 Å². The molecule has 2 aromatic carbocycles. The van der Waals surface area contributed by atoms with Gasteiger partial charge in [0.15, 0.2) is 5.17 Å². The molecule has 28 heavy (non-hydrogen) atoms. The minimum Gasteiger partial charge on any atom is -0.321 e. The van der Waals surface area contributed by atoms with E-state index in [1.165, 1.54) is 11.8 Å². The van der Waals surface area contributed by atoms with Crippen LogP contribution in [0.1, 0.15) is 10.4 Å². The van der Waals surface area contributed by atoms with Gasteiger partial charge in [-0.1, -0.05) is 6.07 Å². The third-order valence-electron chi connectivity index (χ3n) is 4.63. The number of nitrogens with one attached hydrogen (secondary N) is 1. The van der Waals surface area contributed by atoms with Crippen molar-refractivity contribution in [2.75, 3.05) is 22.5 Å². The number of hydrogen-bond donors (Lipinski definition) is 1. The maximum Gasteiger partial charge on any atom is 0.257 e. The zero-order valence-electron chi connectivity index (χ0n) is 14.5. The van der Waals surface area contributed by atoms with Gasteiger partial charge in [0.25, 0.3) is 15.9 Å². The lowest BCUT2D eigenvalue weighted by atomic mass is 10.1. The molecule has 140 valence electrons. The highest BCUT2D eigenvalue weighted by Crippen LogP contribution is 2.42. The van der Waals surface area contributed by atoms with E-state index in [0.29, 0.717) is 23.0 Å². The predicted molar refractivity (Wildman–Crippen MR) is 111 cm³/mol. The lowest BCUT2D eigenvalue weighted by Crippen LogP contribution is -2.35. The molecule has 2 aliphatic heterocycles. The lowest BCUT2D eigenvalue weighted by molar-refractivity contribution is 0.102. The van der Waals surface area contributed by atoms with E-state index in [0.717, 1.165) is 21.5 Å². The van der Waals surface area contributed by atoms with Crippen molar-refractivity contribution in [3.8, 4) is 0 Å². The summed E-state index contributed by atoms with van der Waals surface area (Å²) in [6.07, 6.45) is 1.71. The number of amides is 1. The predicted octanol–water partition coefficient (Wildman–Crippen LogP) is 3.10. The summed E-state index contributed by atoms with van der Waals surface area (Å²) in [5, 5.41) is 4.25. The van der Waals surface area contributed by atoms with E-state index in [-0.39, 0.29) is 11.7 Å². The molecule has 0 aliphatic carbocycles. The number of sulfonamides is 1. The first kappa shape index (κ1) is 17.2. The largest absolute Gasteiger partial charge is 0.321 e. The molecule has 0 atom stereocenters. The summed E-state index contributed by atoms with van der Waals surface area (Å²) in [6, 6.07) is 14.7. The fourth-order valence-corrected chi connectivity index (χ4v) is 5.57. The molecule has 3 aromatic rings. The van der Waals surface area contributed by atoms with Crippen LogP contribution < -0.4 is 10.2 Å². The van der Waals surface area contributed by atoms with Gasteiger partial charge in [0.05, 0.1) is 22.6 Å². The fraction of sp³-hybridized carbons (Fsp3) is 0.105. The van der Waals surface area contributed by atoms with Gasteiger partial charge in [0, 0.05) is 28.6 Å². The van der Waals surface area contributed by atoms with E-state index < -0.39 is 10.0 Å². The summed E-state index contributed by atoms with van der Waals surface area (Å²) in [6.45, 7) is 0.371. The Morgan fingerprint density at radius 3 is 2.93 bits per heavy atom. The van der Waals surface area contributed by atoms with Crippen LogP contribution in [0.4, 0.5) is 11.4 Å². The van der Waals surface area contributed by atoms with Crippen molar-refractivity contribution >= 4 is 55.1 Å². The third-order valence-corrected chi connectivity index (χ3v) is 6.94. The Labute approximate surface area is 165 Å². The van der Waals surface area contributed by atoms with Crippen molar-refractivity contribution in [3.63, 3.8) is 0 Å². The number of carbonyl (C=O) groups excluding carboxylic acids is 1. The highest BCUT2D eigenvalue weighted by molar-refractivity contribution is 8.15. The molecule has 0 radical (unpaired) electrons. The quantitative estimate of drug-likeness (QED) is 0.698. The zero-order valence-corrected chi connectivity index (χ0v) is 16.1. The van der Waals surface area contributed by atoms with Crippen LogP contribution in [0.25, 0.3) is 10.9 Å². The number of anilines is 2. The summed E-state index contributed by atoms with van der Waals surface area (Å²) >= 11 is 1.27. The number of pyridine rings is 1. The highest BCUT2D eigenvalue weighted by atomic mass is 32.2. The van der Waals surface area contributed by atoms with Gasteiger partial charge in [-0.15, -0.1) is 4.40 Å². The maximum atomic E-state index is 12.8. The molecule has 1 amide bonds. The molecule has 5 rings (SSSR count). The van der Waals surface area contributed by atoms with Gasteiger partial charge in [-0.25, -0.2) is 8.42 Å². The number of rotatable bonds is 2. The molecule has 0 unspecified atom stereocenters. The Morgan fingerprint density at radius 2 is 2.04 bits per heavy atom. The summed E-state index contributed by atoms with van der Waals surface area (Å²) in [4.78, 5) is 19.8. The Balaban J connectivity index is 1.45. The number of nitrogens with zero attached hydrogens (tertiary/aromatic N) is 3. The number of thioether (sulfide) groups is 1. The molecule has 2 aliphatic rings. The second-order valence-electron chi connectivity index (χ2n) is 6.43. The first-order chi connectivity index (χ1) is 13.5. The van der Waals surface area contributed by atoms with Crippen LogP contribution in [0.15, 0.2) is 64.0 Å². The van der Waals surface area contributed by atoms with Crippen LogP contribution in [0, 0.1) is 0 Å². The Bertz CT molecular complexity index is 1270. The normalized spacial score (nSPS) is 17.0. The first-order valence-corrected chi connectivity index (χ1v) is 11.0. The average molecular weight is 410 g/mol. The number of hydrogen-bond acceptors (Lipinski definition) is 6. The molecule has 0 bridgehead atoms. The minimum atomic E-state index is -3.40. The van der Waals surface area contributed by atoms with Gasteiger partial charge in [-0.2, -0.15) is 0 Å². The summed E-state index contributed by atoms with van der Waals surface area (Å²) in [5.74, 6) is -0.243. The number of amidine groups is 1. The van der Waals surface area contributed by atoms with Gasteiger partial charge in [-0.3, -0.25) is 9.78 Å². The van der Waals surface area contributed by atoms with Crippen molar-refractivity contribution in [2.24, 2.45) is 4.40 Å². The van der Waals surface area contributed by atoms with Gasteiger partial charge in [0.2, 0.25) is 0 Å². The van der Waals surface area contributed by atoms with Crippen molar-refractivity contribution in [3.05, 3.63) is 60.3 Å². The second kappa shape index (κ2) is 6.32. The monoisotopic (exact) mass is 410 g/mol. The van der Waals surface area contributed by atoms with Crippen LogP contribution in [0.2, 0.25) is 0 Å². The van der Waals surface area contributed by atoms with Gasteiger partial charge in [-0.05, 0) is 54.2 Å². The average Bonchev–Trinajstić information content (AvgIpc) is 3.03. The fourth-order valence-electron chi connectivity index (χ4n) is 3.28. The Morgan fingerprint density at radius 1 is 1.14 bits per heavy atom. The molecular formula is C19H14N4O3S2. The van der Waals surface area contributed by atoms with Crippen molar-refractivity contribution in [1.82, 2.24) is 4.98 Å². The van der Waals surface area contributed by atoms with E-state index in [1.54, 1.807) is 18.3 Å². The van der Waals surface area contributed by atoms with Crippen LogP contribution in [0.3, 0.4) is 0 Å². The minimum absolute atomic E-state index is 0.00610. The van der Waals surface area contributed by atoms with Crippen LogP contribution in [-0.4, -0.2) is 36.8 Å². The van der Waals surface area contributed by atoms with Crippen molar-refractivity contribution in [1.29, 1.82) is 0 Å². The summed E-state index contributed by atoms with van der Waals surface area (Å²) in [7, 11) is -3.40. The van der Waals surface area contributed by atoms with E-state index in [4.69, 9.17) is 0 Å². The molecule has 0 saturated heterocycles. The molecule has 1 N–H and O–H groups in total. The van der Waals surface area contributed by atoms with Gasteiger partial charge in [0.1, 0.15) is 0 Å². The SMILES string of the molecule is O=C(Nc1cccc2ncccc12)c1ccc2c(c1)SC1=NS(=O)(=O)CCN12. The summed E-state index contributed by atoms with van der Waals surface area (Å²) < 4.78 is 27.3. The molecule has 0 spiro atoms. The number of carbonyl (C=O) groups is 1. The third kappa shape index (κ3) is 2.92. The molecule has 0 fully saturated rings.